The van der Waals surface area contributed by atoms with Gasteiger partial charge in [0.1, 0.15) is 5.82 Å². The minimum Gasteiger partial charge on any atom is -0.391 e. The number of rotatable bonds is 5. The van der Waals surface area contributed by atoms with Crippen LogP contribution in [0.2, 0.25) is 0 Å². The molecular weight excluding hydrogens is 278 g/mol. The number of nitrogens with zero attached hydrogens (tertiary/aromatic N) is 2. The summed E-state index contributed by atoms with van der Waals surface area (Å²) in [6.45, 7) is 4.58. The predicted octanol–water partition coefficient (Wildman–Crippen LogP) is 1.18. The normalized spacial score (nSPS) is 23.9. The maximum Gasteiger partial charge on any atom is 0.259 e. The maximum absolute atomic E-state index is 12.3. The van der Waals surface area contributed by atoms with Crippen molar-refractivity contribution in [2.75, 3.05) is 0 Å². The standard InChI is InChI=1S/C13H23N3O3S/c1-3-8-16-9-13(14-10(16)2)20(18,19)15-11-6-4-5-7-12(11)17/h9,11-12,15,17H,3-8H2,1-2H3. The van der Waals surface area contributed by atoms with Crippen LogP contribution in [0.4, 0.5) is 0 Å². The fourth-order valence-electron chi connectivity index (χ4n) is 2.58. The second-order valence-corrected chi connectivity index (χ2v) is 7.06. The van der Waals surface area contributed by atoms with E-state index in [0.29, 0.717) is 18.7 Å². The molecule has 2 unspecified atom stereocenters. The molecule has 1 heterocycles. The average Bonchev–Trinajstić information content (AvgIpc) is 2.75. The van der Waals surface area contributed by atoms with Crippen LogP contribution in [0.1, 0.15) is 44.9 Å². The van der Waals surface area contributed by atoms with E-state index in [1.807, 2.05) is 11.5 Å². The van der Waals surface area contributed by atoms with Crippen molar-refractivity contribution in [1.82, 2.24) is 14.3 Å². The lowest BCUT2D eigenvalue weighted by Gasteiger charge is -2.27. The summed E-state index contributed by atoms with van der Waals surface area (Å²) in [6.07, 6.45) is 5.10. The topological polar surface area (TPSA) is 84.2 Å². The van der Waals surface area contributed by atoms with E-state index in [2.05, 4.69) is 9.71 Å². The maximum atomic E-state index is 12.3. The first kappa shape index (κ1) is 15.5. The Balaban J connectivity index is 2.15. The number of imidazole rings is 1. The minimum absolute atomic E-state index is 0.0428. The Hall–Kier alpha value is -0.920. The van der Waals surface area contributed by atoms with Crippen LogP contribution in [0, 0.1) is 6.92 Å². The molecule has 1 aromatic heterocycles. The van der Waals surface area contributed by atoms with Gasteiger partial charge in [-0.25, -0.2) is 18.1 Å². The minimum atomic E-state index is -3.65. The van der Waals surface area contributed by atoms with Gasteiger partial charge in [-0.3, -0.25) is 0 Å². The summed E-state index contributed by atoms with van der Waals surface area (Å²) in [5.74, 6) is 0.691. The van der Waals surface area contributed by atoms with E-state index in [1.54, 1.807) is 13.1 Å². The van der Waals surface area contributed by atoms with E-state index in [4.69, 9.17) is 0 Å². The molecule has 1 aromatic rings. The molecule has 0 aliphatic heterocycles. The Kier molecular flexibility index (Phi) is 4.82. The molecule has 0 amide bonds. The molecule has 1 fully saturated rings. The quantitative estimate of drug-likeness (QED) is 0.855. The monoisotopic (exact) mass is 301 g/mol. The van der Waals surface area contributed by atoms with Crippen LogP contribution in [-0.4, -0.2) is 35.2 Å². The van der Waals surface area contributed by atoms with Crippen molar-refractivity contribution < 1.29 is 13.5 Å². The third-order valence-corrected chi connectivity index (χ3v) is 5.09. The Morgan fingerprint density at radius 2 is 2.15 bits per heavy atom. The fourth-order valence-corrected chi connectivity index (χ4v) is 3.90. The van der Waals surface area contributed by atoms with Crippen LogP contribution < -0.4 is 4.72 Å². The molecule has 2 atom stereocenters. The van der Waals surface area contributed by atoms with E-state index in [0.717, 1.165) is 25.8 Å². The van der Waals surface area contributed by atoms with Crippen molar-refractivity contribution in [3.8, 4) is 0 Å². The van der Waals surface area contributed by atoms with Crippen molar-refractivity contribution in [1.29, 1.82) is 0 Å². The lowest BCUT2D eigenvalue weighted by atomic mass is 9.93. The molecule has 6 nitrogen and oxygen atoms in total. The highest BCUT2D eigenvalue weighted by Gasteiger charge is 2.29. The molecule has 114 valence electrons. The van der Waals surface area contributed by atoms with Crippen LogP contribution in [0.5, 0.6) is 0 Å². The molecule has 1 aliphatic rings. The highest BCUT2D eigenvalue weighted by molar-refractivity contribution is 7.89. The summed E-state index contributed by atoms with van der Waals surface area (Å²) < 4.78 is 29.1. The number of nitrogens with one attached hydrogen (secondary N) is 1. The number of aliphatic hydroxyl groups is 1. The molecule has 1 saturated carbocycles. The third kappa shape index (κ3) is 3.39. The van der Waals surface area contributed by atoms with Crippen molar-refractivity contribution in [2.45, 2.75) is 69.7 Å². The zero-order valence-corrected chi connectivity index (χ0v) is 12.9. The van der Waals surface area contributed by atoms with Gasteiger partial charge < -0.3 is 9.67 Å². The van der Waals surface area contributed by atoms with Crippen molar-refractivity contribution >= 4 is 10.0 Å². The summed E-state index contributed by atoms with van der Waals surface area (Å²) in [5.41, 5.74) is 0. The van der Waals surface area contributed by atoms with E-state index in [9.17, 15) is 13.5 Å². The summed E-state index contributed by atoms with van der Waals surface area (Å²) in [4.78, 5) is 4.12. The summed E-state index contributed by atoms with van der Waals surface area (Å²) in [7, 11) is -3.65. The van der Waals surface area contributed by atoms with Gasteiger partial charge in [0, 0.05) is 18.8 Å². The molecule has 2 rings (SSSR count). The van der Waals surface area contributed by atoms with Gasteiger partial charge in [0.25, 0.3) is 10.0 Å². The zero-order valence-electron chi connectivity index (χ0n) is 12.0. The second kappa shape index (κ2) is 6.24. The first-order valence-corrected chi connectivity index (χ1v) is 8.66. The van der Waals surface area contributed by atoms with Crippen LogP contribution >= 0.6 is 0 Å². The average molecular weight is 301 g/mol. The lowest BCUT2D eigenvalue weighted by molar-refractivity contribution is 0.101. The summed E-state index contributed by atoms with van der Waals surface area (Å²) >= 11 is 0. The van der Waals surface area contributed by atoms with Crippen LogP contribution in [0.25, 0.3) is 0 Å². The number of sulfonamides is 1. The second-order valence-electron chi connectivity index (χ2n) is 5.40. The fraction of sp³-hybridized carbons (Fsp3) is 0.769. The van der Waals surface area contributed by atoms with E-state index < -0.39 is 22.2 Å². The first-order valence-electron chi connectivity index (χ1n) is 7.18. The Morgan fingerprint density at radius 1 is 1.45 bits per heavy atom. The number of aryl methyl sites for hydroxylation is 2. The van der Waals surface area contributed by atoms with Gasteiger partial charge in [-0.1, -0.05) is 19.8 Å². The molecule has 0 aromatic carbocycles. The van der Waals surface area contributed by atoms with E-state index in [-0.39, 0.29) is 5.03 Å². The van der Waals surface area contributed by atoms with Crippen molar-refractivity contribution in [2.24, 2.45) is 0 Å². The van der Waals surface area contributed by atoms with Crippen LogP contribution in [0.3, 0.4) is 0 Å². The molecule has 20 heavy (non-hydrogen) atoms. The summed E-state index contributed by atoms with van der Waals surface area (Å²) in [6, 6.07) is -0.398. The highest BCUT2D eigenvalue weighted by atomic mass is 32.2. The smallest absolute Gasteiger partial charge is 0.259 e. The van der Waals surface area contributed by atoms with Crippen LogP contribution in [0.15, 0.2) is 11.2 Å². The molecule has 2 N–H and O–H groups in total. The van der Waals surface area contributed by atoms with Crippen molar-refractivity contribution in [3.05, 3.63) is 12.0 Å². The Labute approximate surface area is 120 Å². The molecule has 0 saturated heterocycles. The number of aliphatic hydroxyl groups excluding tert-OH is 1. The van der Waals surface area contributed by atoms with Gasteiger partial charge in [0.2, 0.25) is 0 Å². The number of hydrogen-bond acceptors (Lipinski definition) is 4. The Bertz CT molecular complexity index is 553. The van der Waals surface area contributed by atoms with Gasteiger partial charge in [-0.15, -0.1) is 0 Å². The highest BCUT2D eigenvalue weighted by Crippen LogP contribution is 2.20. The number of aromatic nitrogens is 2. The SMILES string of the molecule is CCCn1cc(S(=O)(=O)NC2CCCCC2O)nc1C. The van der Waals surface area contributed by atoms with Gasteiger partial charge in [0.15, 0.2) is 5.03 Å². The molecular formula is C13H23N3O3S. The van der Waals surface area contributed by atoms with Crippen molar-refractivity contribution in [3.63, 3.8) is 0 Å². The number of hydrogen-bond donors (Lipinski definition) is 2. The van der Waals surface area contributed by atoms with Gasteiger partial charge >= 0.3 is 0 Å². The molecule has 7 heteroatoms. The molecule has 0 bridgehead atoms. The molecule has 1 aliphatic carbocycles. The van der Waals surface area contributed by atoms with Gasteiger partial charge in [-0.2, -0.15) is 0 Å². The van der Waals surface area contributed by atoms with E-state index >= 15 is 0 Å². The third-order valence-electron chi connectivity index (χ3n) is 3.73. The Morgan fingerprint density at radius 3 is 2.80 bits per heavy atom. The summed E-state index contributed by atoms with van der Waals surface area (Å²) in [5, 5.41) is 9.91. The predicted molar refractivity (Wildman–Crippen MR) is 75.8 cm³/mol. The largest absolute Gasteiger partial charge is 0.391 e. The van der Waals surface area contributed by atoms with E-state index in [1.165, 1.54) is 0 Å². The molecule has 0 spiro atoms. The molecule has 0 radical (unpaired) electrons. The lowest BCUT2D eigenvalue weighted by Crippen LogP contribution is -2.45. The van der Waals surface area contributed by atoms with Crippen LogP contribution in [-0.2, 0) is 16.6 Å². The van der Waals surface area contributed by atoms with Gasteiger partial charge in [-0.05, 0) is 26.2 Å². The zero-order chi connectivity index (χ0) is 14.8. The van der Waals surface area contributed by atoms with Gasteiger partial charge in [0.05, 0.1) is 6.10 Å². The first-order chi connectivity index (χ1) is 9.44.